The van der Waals surface area contributed by atoms with Gasteiger partial charge in [0.25, 0.3) is 0 Å². The van der Waals surface area contributed by atoms with Crippen molar-refractivity contribution in [1.29, 1.82) is 0 Å². The van der Waals surface area contributed by atoms with Crippen LogP contribution in [0.25, 0.3) is 5.65 Å². The van der Waals surface area contributed by atoms with E-state index in [1.165, 1.54) is 0 Å². The fourth-order valence-corrected chi connectivity index (χ4v) is 3.34. The number of amides is 1. The maximum absolute atomic E-state index is 11.1. The molecule has 0 aromatic carbocycles. The Morgan fingerprint density at radius 1 is 1.35 bits per heavy atom. The standard InChI is InChI=1S/C18H21N7O/c1-11-22-16(13-6-15(7-13)24-12(2)26)8-17(23-11)20-9-14-10-21-25-5-3-4-19-18(14)25/h3-5,8,10,13,15H,6-7,9H2,1-2H3,(H,24,26)(H,20,22,23). The minimum absolute atomic E-state index is 0.0247. The summed E-state index contributed by atoms with van der Waals surface area (Å²) in [6.07, 6.45) is 7.30. The minimum atomic E-state index is 0.0247. The molecule has 8 heteroatoms. The SMILES string of the molecule is CC(=O)NC1CC(c2cc(NCc3cnn4cccnc34)nc(C)n2)C1. The molecule has 3 aromatic heterocycles. The molecule has 26 heavy (non-hydrogen) atoms. The molecule has 0 spiro atoms. The number of hydrogen-bond donors (Lipinski definition) is 2. The van der Waals surface area contributed by atoms with Crippen molar-refractivity contribution < 1.29 is 4.79 Å². The molecule has 4 rings (SSSR count). The molecule has 0 unspecified atom stereocenters. The van der Waals surface area contributed by atoms with Crippen LogP contribution < -0.4 is 10.6 Å². The van der Waals surface area contributed by atoms with Gasteiger partial charge in [-0.15, -0.1) is 0 Å². The second kappa shape index (κ2) is 6.70. The summed E-state index contributed by atoms with van der Waals surface area (Å²) in [6.45, 7) is 4.05. The largest absolute Gasteiger partial charge is 0.366 e. The molecule has 1 aliphatic carbocycles. The number of aromatic nitrogens is 5. The fourth-order valence-electron chi connectivity index (χ4n) is 3.34. The second-order valence-corrected chi connectivity index (χ2v) is 6.70. The van der Waals surface area contributed by atoms with Crippen LogP contribution in [0.3, 0.4) is 0 Å². The number of hydrogen-bond acceptors (Lipinski definition) is 6. The van der Waals surface area contributed by atoms with Crippen LogP contribution in [0.4, 0.5) is 5.82 Å². The quantitative estimate of drug-likeness (QED) is 0.728. The predicted octanol–water partition coefficient (Wildman–Crippen LogP) is 1.82. The summed E-state index contributed by atoms with van der Waals surface area (Å²) < 4.78 is 1.75. The fraction of sp³-hybridized carbons (Fsp3) is 0.389. The number of nitrogens with zero attached hydrogens (tertiary/aromatic N) is 5. The molecule has 3 aromatic rings. The number of anilines is 1. The Bertz CT molecular complexity index is 946. The van der Waals surface area contributed by atoms with Gasteiger partial charge < -0.3 is 10.6 Å². The van der Waals surface area contributed by atoms with E-state index in [1.54, 1.807) is 17.6 Å². The third-order valence-electron chi connectivity index (χ3n) is 4.63. The van der Waals surface area contributed by atoms with Crippen LogP contribution in [0, 0.1) is 6.92 Å². The lowest BCUT2D eigenvalue weighted by Gasteiger charge is -2.35. The van der Waals surface area contributed by atoms with Crippen LogP contribution in [-0.2, 0) is 11.3 Å². The monoisotopic (exact) mass is 351 g/mol. The van der Waals surface area contributed by atoms with Gasteiger partial charge in [0.15, 0.2) is 5.65 Å². The van der Waals surface area contributed by atoms with Gasteiger partial charge in [-0.3, -0.25) is 4.79 Å². The van der Waals surface area contributed by atoms with E-state index in [4.69, 9.17) is 0 Å². The smallest absolute Gasteiger partial charge is 0.217 e. The molecule has 134 valence electrons. The van der Waals surface area contributed by atoms with E-state index in [0.717, 1.165) is 41.4 Å². The maximum atomic E-state index is 11.1. The highest BCUT2D eigenvalue weighted by atomic mass is 16.1. The molecule has 0 bridgehead atoms. The van der Waals surface area contributed by atoms with Crippen molar-refractivity contribution in [3.05, 3.63) is 47.8 Å². The Morgan fingerprint density at radius 2 is 2.19 bits per heavy atom. The molecule has 0 aliphatic heterocycles. The lowest BCUT2D eigenvalue weighted by molar-refractivity contribution is -0.120. The molecule has 1 aliphatic rings. The Labute approximate surface area is 151 Å². The van der Waals surface area contributed by atoms with Crippen LogP contribution in [0.1, 0.15) is 42.8 Å². The molecular weight excluding hydrogens is 330 g/mol. The highest BCUT2D eigenvalue weighted by Gasteiger charge is 2.32. The van der Waals surface area contributed by atoms with Gasteiger partial charge in [0, 0.05) is 55.1 Å². The molecule has 0 radical (unpaired) electrons. The van der Waals surface area contributed by atoms with Crippen molar-refractivity contribution >= 4 is 17.4 Å². The summed E-state index contributed by atoms with van der Waals surface area (Å²) in [5.41, 5.74) is 2.88. The predicted molar refractivity (Wildman–Crippen MR) is 96.7 cm³/mol. The van der Waals surface area contributed by atoms with Gasteiger partial charge in [-0.05, 0) is 25.8 Å². The molecule has 1 saturated carbocycles. The van der Waals surface area contributed by atoms with Crippen LogP contribution in [0.2, 0.25) is 0 Å². The lowest BCUT2D eigenvalue weighted by atomic mass is 9.78. The van der Waals surface area contributed by atoms with Crippen LogP contribution >= 0.6 is 0 Å². The van der Waals surface area contributed by atoms with Crippen molar-refractivity contribution in [2.24, 2.45) is 0 Å². The molecule has 0 saturated heterocycles. The molecule has 8 nitrogen and oxygen atoms in total. The van der Waals surface area contributed by atoms with E-state index in [1.807, 2.05) is 31.5 Å². The van der Waals surface area contributed by atoms with Gasteiger partial charge in [0.2, 0.25) is 5.91 Å². The lowest BCUT2D eigenvalue weighted by Crippen LogP contribution is -2.42. The zero-order valence-corrected chi connectivity index (χ0v) is 14.8. The molecule has 3 heterocycles. The third-order valence-corrected chi connectivity index (χ3v) is 4.63. The van der Waals surface area contributed by atoms with Gasteiger partial charge >= 0.3 is 0 Å². The Kier molecular flexibility index (Phi) is 4.24. The van der Waals surface area contributed by atoms with E-state index in [2.05, 4.69) is 30.7 Å². The summed E-state index contributed by atoms with van der Waals surface area (Å²) in [6, 6.07) is 4.11. The van der Waals surface area contributed by atoms with Gasteiger partial charge in [-0.25, -0.2) is 19.5 Å². The first-order valence-electron chi connectivity index (χ1n) is 8.72. The number of fused-ring (bicyclic) bond motifs is 1. The third kappa shape index (κ3) is 3.35. The van der Waals surface area contributed by atoms with E-state index < -0.39 is 0 Å². The van der Waals surface area contributed by atoms with Crippen molar-refractivity contribution in [1.82, 2.24) is 29.9 Å². The van der Waals surface area contributed by atoms with E-state index in [-0.39, 0.29) is 11.9 Å². The molecular formula is C18H21N7O. The zero-order valence-electron chi connectivity index (χ0n) is 14.8. The van der Waals surface area contributed by atoms with Crippen LogP contribution in [-0.4, -0.2) is 36.5 Å². The van der Waals surface area contributed by atoms with Crippen molar-refractivity contribution in [2.75, 3.05) is 5.32 Å². The van der Waals surface area contributed by atoms with E-state index >= 15 is 0 Å². The summed E-state index contributed by atoms with van der Waals surface area (Å²) in [7, 11) is 0. The number of carbonyl (C=O) groups excluding carboxylic acids is 1. The summed E-state index contributed by atoms with van der Waals surface area (Å²) >= 11 is 0. The Morgan fingerprint density at radius 3 is 3.00 bits per heavy atom. The first kappa shape index (κ1) is 16.4. The van der Waals surface area contributed by atoms with Crippen LogP contribution in [0.5, 0.6) is 0 Å². The van der Waals surface area contributed by atoms with Crippen LogP contribution in [0.15, 0.2) is 30.7 Å². The maximum Gasteiger partial charge on any atom is 0.217 e. The number of nitrogens with one attached hydrogen (secondary N) is 2. The number of rotatable bonds is 5. The average molecular weight is 351 g/mol. The zero-order chi connectivity index (χ0) is 18.1. The number of carbonyl (C=O) groups is 1. The van der Waals surface area contributed by atoms with Crippen molar-refractivity contribution in [3.63, 3.8) is 0 Å². The summed E-state index contributed by atoms with van der Waals surface area (Å²) in [5.74, 6) is 1.93. The van der Waals surface area contributed by atoms with E-state index in [9.17, 15) is 4.79 Å². The average Bonchev–Trinajstić information content (AvgIpc) is 2.98. The summed E-state index contributed by atoms with van der Waals surface area (Å²) in [5, 5.41) is 10.6. The molecule has 1 fully saturated rings. The highest BCUT2D eigenvalue weighted by molar-refractivity contribution is 5.73. The first-order valence-corrected chi connectivity index (χ1v) is 8.72. The number of aryl methyl sites for hydroxylation is 1. The molecule has 1 amide bonds. The van der Waals surface area contributed by atoms with Gasteiger partial charge in [0.1, 0.15) is 11.6 Å². The normalized spacial score (nSPS) is 19.2. The molecule has 0 atom stereocenters. The minimum Gasteiger partial charge on any atom is -0.366 e. The first-order chi connectivity index (χ1) is 12.6. The topological polar surface area (TPSA) is 97.1 Å². The van der Waals surface area contributed by atoms with Crippen molar-refractivity contribution in [3.8, 4) is 0 Å². The van der Waals surface area contributed by atoms with Crippen molar-refractivity contribution in [2.45, 2.75) is 45.2 Å². The second-order valence-electron chi connectivity index (χ2n) is 6.70. The Hall–Kier alpha value is -3.03. The van der Waals surface area contributed by atoms with Gasteiger partial charge in [-0.2, -0.15) is 5.10 Å². The summed E-state index contributed by atoms with van der Waals surface area (Å²) in [4.78, 5) is 24.5. The molecule has 2 N–H and O–H groups in total. The van der Waals surface area contributed by atoms with E-state index in [0.29, 0.717) is 12.5 Å². The van der Waals surface area contributed by atoms with Gasteiger partial charge in [0.05, 0.1) is 6.20 Å². The highest BCUT2D eigenvalue weighted by Crippen LogP contribution is 2.36. The van der Waals surface area contributed by atoms with Gasteiger partial charge in [-0.1, -0.05) is 0 Å². The Balaban J connectivity index is 1.44.